The van der Waals surface area contributed by atoms with Crippen molar-refractivity contribution in [2.45, 2.75) is 112 Å². The first-order valence-electron chi connectivity index (χ1n) is 13.8. The van der Waals surface area contributed by atoms with E-state index in [-0.39, 0.29) is 33.7 Å². The van der Waals surface area contributed by atoms with Gasteiger partial charge in [0, 0.05) is 0 Å². The number of aliphatic hydroxyl groups is 1. The van der Waals surface area contributed by atoms with Crippen molar-refractivity contribution in [2.75, 3.05) is 0 Å². The van der Waals surface area contributed by atoms with Crippen LogP contribution in [0.4, 0.5) is 0 Å². The van der Waals surface area contributed by atoms with Crippen molar-refractivity contribution >= 4 is 5.97 Å². The number of rotatable bonds is 2. The van der Waals surface area contributed by atoms with Crippen LogP contribution in [-0.4, -0.2) is 22.3 Å². The molecule has 0 aliphatic heterocycles. The maximum absolute atomic E-state index is 12.8. The summed E-state index contributed by atoms with van der Waals surface area (Å²) in [6, 6.07) is 0. The Balaban J connectivity index is 1.57. The summed E-state index contributed by atoms with van der Waals surface area (Å²) in [4.78, 5) is 12.8. The van der Waals surface area contributed by atoms with E-state index < -0.39 is 11.4 Å². The highest BCUT2D eigenvalue weighted by molar-refractivity contribution is 5.76. The Morgan fingerprint density at radius 2 is 1.52 bits per heavy atom. The zero-order valence-corrected chi connectivity index (χ0v) is 22.0. The van der Waals surface area contributed by atoms with Gasteiger partial charge in [-0.2, -0.15) is 0 Å². The highest BCUT2D eigenvalue weighted by atomic mass is 16.4. The van der Waals surface area contributed by atoms with Crippen LogP contribution in [0.2, 0.25) is 0 Å². The highest BCUT2D eigenvalue weighted by Gasteiger charge is 2.71. The Hall–Kier alpha value is -0.830. The van der Waals surface area contributed by atoms with Crippen LogP contribution in [0, 0.1) is 56.7 Å². The highest BCUT2D eigenvalue weighted by Crippen LogP contribution is 2.77. The number of allylic oxidation sites excluding steroid dienone is 1. The largest absolute Gasteiger partial charge is 0.481 e. The van der Waals surface area contributed by atoms with E-state index in [1.54, 1.807) is 0 Å². The predicted molar refractivity (Wildman–Crippen MR) is 133 cm³/mol. The molecule has 0 spiro atoms. The molecule has 3 nitrogen and oxygen atoms in total. The Morgan fingerprint density at radius 3 is 2.15 bits per heavy atom. The van der Waals surface area contributed by atoms with Gasteiger partial charge in [-0.15, -0.1) is 0 Å². The number of hydrogen-bond donors (Lipinski definition) is 2. The van der Waals surface area contributed by atoms with Crippen molar-refractivity contribution in [3.8, 4) is 0 Å². The molecule has 1 unspecified atom stereocenters. The summed E-state index contributed by atoms with van der Waals surface area (Å²) in [6.45, 7) is 18.8. The summed E-state index contributed by atoms with van der Waals surface area (Å²) < 4.78 is 0. The van der Waals surface area contributed by atoms with Crippen molar-refractivity contribution < 1.29 is 15.0 Å². The van der Waals surface area contributed by atoms with Gasteiger partial charge in [-0.3, -0.25) is 4.79 Å². The topological polar surface area (TPSA) is 57.5 Å². The maximum atomic E-state index is 12.8. The van der Waals surface area contributed by atoms with Gasteiger partial charge >= 0.3 is 5.97 Å². The van der Waals surface area contributed by atoms with E-state index in [0.29, 0.717) is 23.7 Å². The van der Waals surface area contributed by atoms with Crippen LogP contribution in [0.1, 0.15) is 106 Å². The Bertz CT molecular complexity index is 861. The standard InChI is InChI=1S/C30H48O3/c1-18(2)19-10-15-30(25(32)33)17-16-28(6)20(24(19)30)8-9-22-27(5)13-12-23(31)26(3,4)21(27)11-14-29(22,28)7/h19-24,31H,1,8-17H2,2-7H3,(H,32,33)/t19-,20?,21-,22+,23+,24+,27-,28+,29+,30-/m0/s1. The molecule has 3 heteroatoms. The van der Waals surface area contributed by atoms with Crippen LogP contribution >= 0.6 is 0 Å². The molecular formula is C30H48O3. The van der Waals surface area contributed by atoms with Gasteiger partial charge in [0.1, 0.15) is 0 Å². The molecule has 5 aliphatic carbocycles. The zero-order chi connectivity index (χ0) is 24.2. The molecule has 0 aromatic rings. The van der Waals surface area contributed by atoms with E-state index in [4.69, 9.17) is 0 Å². The lowest BCUT2D eigenvalue weighted by Crippen LogP contribution is -2.67. The Kier molecular flexibility index (Phi) is 5.15. The van der Waals surface area contributed by atoms with Crippen molar-refractivity contribution in [3.63, 3.8) is 0 Å². The van der Waals surface area contributed by atoms with Crippen LogP contribution in [0.25, 0.3) is 0 Å². The first-order valence-corrected chi connectivity index (χ1v) is 13.8. The number of carbonyl (C=O) groups is 1. The number of carboxylic acid groups (broad SMARTS) is 1. The van der Waals surface area contributed by atoms with E-state index in [1.165, 1.54) is 31.3 Å². The molecule has 5 fully saturated rings. The first-order chi connectivity index (χ1) is 15.3. The lowest BCUT2D eigenvalue weighted by molar-refractivity contribution is -0.248. The molecule has 0 aromatic carbocycles. The quantitative estimate of drug-likeness (QED) is 0.436. The number of fused-ring (bicyclic) bond motifs is 7. The summed E-state index contributed by atoms with van der Waals surface area (Å²) >= 11 is 0. The Morgan fingerprint density at radius 1 is 0.818 bits per heavy atom. The molecule has 33 heavy (non-hydrogen) atoms. The van der Waals surface area contributed by atoms with E-state index in [9.17, 15) is 15.0 Å². The second-order valence-electron chi connectivity index (χ2n) is 14.5. The van der Waals surface area contributed by atoms with Crippen LogP contribution in [0.5, 0.6) is 0 Å². The van der Waals surface area contributed by atoms with Crippen molar-refractivity contribution in [1.82, 2.24) is 0 Å². The van der Waals surface area contributed by atoms with Gasteiger partial charge in [0.05, 0.1) is 11.5 Å². The smallest absolute Gasteiger partial charge is 0.309 e. The lowest BCUT2D eigenvalue weighted by atomic mass is 9.32. The van der Waals surface area contributed by atoms with Crippen LogP contribution in [0.15, 0.2) is 12.2 Å². The molecule has 0 heterocycles. The average Bonchev–Trinajstić information content (AvgIpc) is 3.13. The fourth-order valence-electron chi connectivity index (χ4n) is 11.5. The average molecular weight is 457 g/mol. The van der Waals surface area contributed by atoms with Gasteiger partial charge in [0.15, 0.2) is 0 Å². The fraction of sp³-hybridized carbons (Fsp3) is 0.900. The summed E-state index contributed by atoms with van der Waals surface area (Å²) in [5.41, 5.74) is 1.35. The molecule has 5 rings (SSSR count). The second kappa shape index (κ2) is 7.11. The van der Waals surface area contributed by atoms with E-state index in [1.807, 2.05) is 0 Å². The Labute approximate surface area is 201 Å². The second-order valence-corrected chi connectivity index (χ2v) is 14.5. The van der Waals surface area contributed by atoms with E-state index >= 15 is 0 Å². The summed E-state index contributed by atoms with van der Waals surface area (Å²) in [6.07, 6.45) is 10.5. The summed E-state index contributed by atoms with van der Waals surface area (Å²) in [5.74, 6) is 1.79. The molecule has 10 atom stereocenters. The minimum atomic E-state index is -0.538. The third kappa shape index (κ3) is 2.75. The molecule has 5 aliphatic rings. The molecule has 0 bridgehead atoms. The van der Waals surface area contributed by atoms with E-state index in [0.717, 1.165) is 38.5 Å². The lowest BCUT2D eigenvalue weighted by Gasteiger charge is -2.72. The van der Waals surface area contributed by atoms with Crippen molar-refractivity contribution in [3.05, 3.63) is 12.2 Å². The van der Waals surface area contributed by atoms with E-state index in [2.05, 4.69) is 48.1 Å². The third-order valence-corrected chi connectivity index (χ3v) is 13.5. The van der Waals surface area contributed by atoms with Crippen molar-refractivity contribution in [1.29, 1.82) is 0 Å². The predicted octanol–water partition coefficient (Wildman–Crippen LogP) is 7.09. The van der Waals surface area contributed by atoms with Gasteiger partial charge in [-0.05, 0) is 122 Å². The maximum Gasteiger partial charge on any atom is 0.309 e. The zero-order valence-electron chi connectivity index (χ0n) is 22.0. The number of carboxylic acids is 1. The summed E-state index contributed by atoms with van der Waals surface area (Å²) in [7, 11) is 0. The monoisotopic (exact) mass is 456 g/mol. The molecule has 2 N–H and O–H groups in total. The number of aliphatic carboxylic acids is 1. The van der Waals surface area contributed by atoms with Crippen LogP contribution in [-0.2, 0) is 4.79 Å². The van der Waals surface area contributed by atoms with Gasteiger partial charge < -0.3 is 10.2 Å². The molecule has 0 aromatic heterocycles. The van der Waals surface area contributed by atoms with Crippen LogP contribution in [0.3, 0.4) is 0 Å². The molecule has 186 valence electrons. The molecule has 0 amide bonds. The summed E-state index contributed by atoms with van der Waals surface area (Å²) in [5, 5.41) is 21.4. The minimum absolute atomic E-state index is 0.0202. The normalized spacial score (nSPS) is 55.0. The fourth-order valence-corrected chi connectivity index (χ4v) is 11.5. The number of hydrogen-bond acceptors (Lipinski definition) is 2. The SMILES string of the molecule is C=C(C)[C@@H]1CC[C@]2(C(=O)O)CC[C@]3(C)C(CC[C@@H]4[C@@]5(C)CC[C@@H](O)C(C)(C)[C@@H]5CC[C@]43C)[C@@H]12. The molecule has 5 saturated carbocycles. The molecule has 0 radical (unpaired) electrons. The molecule has 0 saturated heterocycles. The van der Waals surface area contributed by atoms with Crippen LogP contribution < -0.4 is 0 Å². The van der Waals surface area contributed by atoms with Crippen molar-refractivity contribution in [2.24, 2.45) is 56.7 Å². The molecular weight excluding hydrogens is 408 g/mol. The number of aliphatic hydroxyl groups excluding tert-OH is 1. The third-order valence-electron chi connectivity index (χ3n) is 13.5. The van der Waals surface area contributed by atoms with Gasteiger partial charge in [-0.25, -0.2) is 0 Å². The first kappa shape index (κ1) is 23.9. The van der Waals surface area contributed by atoms with Gasteiger partial charge in [-0.1, -0.05) is 46.8 Å². The van der Waals surface area contributed by atoms with Gasteiger partial charge in [0.2, 0.25) is 0 Å². The minimum Gasteiger partial charge on any atom is -0.481 e. The van der Waals surface area contributed by atoms with Gasteiger partial charge in [0.25, 0.3) is 0 Å².